The Morgan fingerprint density at radius 1 is 1.16 bits per heavy atom. The molecule has 0 atom stereocenters. The lowest BCUT2D eigenvalue weighted by atomic mass is 10.1. The molecule has 4 heteroatoms. The summed E-state index contributed by atoms with van der Waals surface area (Å²) in [6, 6.07) is 13.2. The van der Waals surface area contributed by atoms with Gasteiger partial charge in [0.1, 0.15) is 5.82 Å². The molecule has 0 aliphatic carbocycles. The molecule has 0 bridgehead atoms. The largest absolute Gasteiger partial charge is 0.384 e. The summed E-state index contributed by atoms with van der Waals surface area (Å²) in [6.45, 7) is 0.496. The normalized spacial score (nSPS) is 10.7. The van der Waals surface area contributed by atoms with E-state index in [0.717, 1.165) is 16.3 Å². The van der Waals surface area contributed by atoms with Gasteiger partial charge in [-0.1, -0.05) is 18.2 Å². The maximum Gasteiger partial charge on any atom is 0.258 e. The lowest BCUT2D eigenvalue weighted by Gasteiger charge is -2.07. The zero-order valence-corrected chi connectivity index (χ0v) is 10.3. The van der Waals surface area contributed by atoms with Crippen LogP contribution in [0.15, 0.2) is 59.7 Å². The van der Waals surface area contributed by atoms with Gasteiger partial charge in [-0.25, -0.2) is 4.98 Å². The van der Waals surface area contributed by atoms with Crippen molar-refractivity contribution in [2.45, 2.75) is 6.54 Å². The van der Waals surface area contributed by atoms with Crippen molar-refractivity contribution in [2.24, 2.45) is 0 Å². The molecule has 1 aromatic carbocycles. The molecular weight excluding hydrogens is 238 g/mol. The van der Waals surface area contributed by atoms with Crippen LogP contribution in [0, 0.1) is 0 Å². The Kier molecular flexibility index (Phi) is 2.76. The number of pyridine rings is 2. The molecule has 19 heavy (non-hydrogen) atoms. The highest BCUT2D eigenvalue weighted by Crippen LogP contribution is 2.10. The van der Waals surface area contributed by atoms with E-state index in [0.29, 0.717) is 12.4 Å². The Hall–Kier alpha value is -2.62. The number of anilines is 1. The Morgan fingerprint density at radius 3 is 2.84 bits per heavy atom. The van der Waals surface area contributed by atoms with E-state index < -0.39 is 0 Å². The molecule has 2 heterocycles. The van der Waals surface area contributed by atoms with E-state index in [-0.39, 0.29) is 5.56 Å². The third kappa shape index (κ3) is 2.20. The molecular formula is C15H13N3O. The summed E-state index contributed by atoms with van der Waals surface area (Å²) in [5, 5.41) is 1.69. The fourth-order valence-electron chi connectivity index (χ4n) is 2.14. The van der Waals surface area contributed by atoms with Crippen LogP contribution in [0.5, 0.6) is 0 Å². The predicted octanol–water partition coefficient (Wildman–Crippen LogP) is 2.03. The summed E-state index contributed by atoms with van der Waals surface area (Å²) in [6.07, 6.45) is 3.46. The summed E-state index contributed by atoms with van der Waals surface area (Å²) < 4.78 is 1.68. The van der Waals surface area contributed by atoms with Gasteiger partial charge in [-0.05, 0) is 35.2 Å². The minimum absolute atomic E-state index is 0.00786. The van der Waals surface area contributed by atoms with E-state index in [1.165, 1.54) is 0 Å². The summed E-state index contributed by atoms with van der Waals surface area (Å²) in [5.41, 5.74) is 6.61. The van der Waals surface area contributed by atoms with E-state index >= 15 is 0 Å². The summed E-state index contributed by atoms with van der Waals surface area (Å²) in [4.78, 5) is 16.3. The van der Waals surface area contributed by atoms with Crippen molar-refractivity contribution in [3.63, 3.8) is 0 Å². The maximum atomic E-state index is 12.3. The molecule has 2 aromatic heterocycles. The van der Waals surface area contributed by atoms with E-state index in [2.05, 4.69) is 4.98 Å². The van der Waals surface area contributed by atoms with Crippen molar-refractivity contribution < 1.29 is 0 Å². The van der Waals surface area contributed by atoms with Crippen LogP contribution >= 0.6 is 0 Å². The van der Waals surface area contributed by atoms with Crippen molar-refractivity contribution in [3.05, 3.63) is 70.8 Å². The zero-order chi connectivity index (χ0) is 13.2. The van der Waals surface area contributed by atoms with E-state index in [4.69, 9.17) is 5.73 Å². The highest BCUT2D eigenvalue weighted by atomic mass is 16.1. The molecule has 0 spiro atoms. The first-order valence-corrected chi connectivity index (χ1v) is 6.02. The van der Waals surface area contributed by atoms with Gasteiger partial charge < -0.3 is 10.3 Å². The van der Waals surface area contributed by atoms with E-state index in [9.17, 15) is 4.79 Å². The molecule has 0 saturated carbocycles. The zero-order valence-electron chi connectivity index (χ0n) is 10.3. The molecule has 0 amide bonds. The molecule has 3 rings (SSSR count). The van der Waals surface area contributed by atoms with Crippen molar-refractivity contribution in [1.82, 2.24) is 9.55 Å². The topological polar surface area (TPSA) is 60.9 Å². The van der Waals surface area contributed by atoms with Crippen molar-refractivity contribution >= 4 is 16.6 Å². The second-order valence-corrected chi connectivity index (χ2v) is 4.42. The molecule has 0 fully saturated rings. The third-order valence-electron chi connectivity index (χ3n) is 3.08. The fraction of sp³-hybridized carbons (Fsp3) is 0.0667. The molecule has 0 unspecified atom stereocenters. The van der Waals surface area contributed by atoms with E-state index in [1.807, 2.05) is 36.4 Å². The van der Waals surface area contributed by atoms with Gasteiger partial charge in [0.15, 0.2) is 0 Å². The van der Waals surface area contributed by atoms with Crippen LogP contribution in [0.2, 0.25) is 0 Å². The van der Waals surface area contributed by atoms with Gasteiger partial charge in [0.2, 0.25) is 0 Å². The molecule has 94 valence electrons. The van der Waals surface area contributed by atoms with Crippen LogP contribution in [0.4, 0.5) is 5.82 Å². The molecule has 0 aliphatic heterocycles. The minimum Gasteiger partial charge on any atom is -0.384 e. The molecule has 3 aromatic rings. The number of fused-ring (bicyclic) bond motifs is 1. The van der Waals surface area contributed by atoms with Gasteiger partial charge in [0.05, 0.1) is 6.54 Å². The SMILES string of the molecule is Nc1cc(Cn2ccc3ccccc3c2=O)ccn1. The number of hydrogen-bond acceptors (Lipinski definition) is 3. The van der Waals surface area contributed by atoms with Gasteiger partial charge in [0, 0.05) is 17.8 Å². The average molecular weight is 251 g/mol. The van der Waals surface area contributed by atoms with Gasteiger partial charge >= 0.3 is 0 Å². The van der Waals surface area contributed by atoms with Gasteiger partial charge in [-0.15, -0.1) is 0 Å². The first-order valence-electron chi connectivity index (χ1n) is 6.02. The van der Waals surface area contributed by atoms with Crippen LogP contribution in [0.1, 0.15) is 5.56 Å². The van der Waals surface area contributed by atoms with Crippen LogP contribution in [-0.4, -0.2) is 9.55 Å². The van der Waals surface area contributed by atoms with Gasteiger partial charge in [-0.2, -0.15) is 0 Å². The number of aromatic nitrogens is 2. The highest BCUT2D eigenvalue weighted by Gasteiger charge is 2.03. The summed E-state index contributed by atoms with van der Waals surface area (Å²) >= 11 is 0. The Bertz CT molecular complexity index is 792. The number of rotatable bonds is 2. The quantitative estimate of drug-likeness (QED) is 0.758. The lowest BCUT2D eigenvalue weighted by Crippen LogP contribution is -2.20. The summed E-state index contributed by atoms with van der Waals surface area (Å²) in [5.74, 6) is 0.464. The minimum atomic E-state index is 0.00786. The van der Waals surface area contributed by atoms with Crippen LogP contribution in [0.3, 0.4) is 0 Å². The number of nitrogens with zero attached hydrogens (tertiary/aromatic N) is 2. The maximum absolute atomic E-state index is 12.3. The number of nitrogen functional groups attached to an aromatic ring is 1. The van der Waals surface area contributed by atoms with Gasteiger partial charge in [-0.3, -0.25) is 4.79 Å². The first-order chi connectivity index (χ1) is 9.24. The molecule has 0 aliphatic rings. The monoisotopic (exact) mass is 251 g/mol. The van der Waals surface area contributed by atoms with Gasteiger partial charge in [0.25, 0.3) is 5.56 Å². The molecule has 2 N–H and O–H groups in total. The Balaban J connectivity index is 2.06. The number of nitrogens with two attached hydrogens (primary N) is 1. The average Bonchev–Trinajstić information content (AvgIpc) is 2.42. The molecule has 0 radical (unpaired) electrons. The highest BCUT2D eigenvalue weighted by molar-refractivity contribution is 5.81. The van der Waals surface area contributed by atoms with Crippen LogP contribution in [0.25, 0.3) is 10.8 Å². The Labute approximate surface area is 110 Å². The van der Waals surface area contributed by atoms with Crippen molar-refractivity contribution in [2.75, 3.05) is 5.73 Å². The van der Waals surface area contributed by atoms with Crippen LogP contribution < -0.4 is 11.3 Å². The van der Waals surface area contributed by atoms with Crippen LogP contribution in [-0.2, 0) is 6.54 Å². The summed E-state index contributed by atoms with van der Waals surface area (Å²) in [7, 11) is 0. The Morgan fingerprint density at radius 2 is 2.00 bits per heavy atom. The van der Waals surface area contributed by atoms with E-state index in [1.54, 1.807) is 23.0 Å². The second kappa shape index (κ2) is 4.57. The second-order valence-electron chi connectivity index (χ2n) is 4.42. The fourth-order valence-corrected chi connectivity index (χ4v) is 2.14. The smallest absolute Gasteiger partial charge is 0.258 e. The third-order valence-corrected chi connectivity index (χ3v) is 3.08. The van der Waals surface area contributed by atoms with Crippen molar-refractivity contribution in [1.29, 1.82) is 0 Å². The molecule has 4 nitrogen and oxygen atoms in total. The van der Waals surface area contributed by atoms with Crippen molar-refractivity contribution in [3.8, 4) is 0 Å². The standard InChI is InChI=1S/C15H13N3O/c16-14-9-11(5-7-17-14)10-18-8-6-12-3-1-2-4-13(12)15(18)19/h1-9H,10H2,(H2,16,17). The molecule has 0 saturated heterocycles. The number of hydrogen-bond donors (Lipinski definition) is 1. The number of benzene rings is 1. The predicted molar refractivity (Wildman–Crippen MR) is 76.0 cm³/mol. The first kappa shape index (κ1) is 11.5. The lowest BCUT2D eigenvalue weighted by molar-refractivity contribution is 0.767.